The van der Waals surface area contributed by atoms with Crippen LogP contribution < -0.4 is 5.32 Å². The highest BCUT2D eigenvalue weighted by Gasteiger charge is 2.74. The second-order valence-corrected chi connectivity index (χ2v) is 8.69. The molecule has 3 heterocycles. The van der Waals surface area contributed by atoms with Gasteiger partial charge in [-0.25, -0.2) is 15.0 Å². The lowest BCUT2D eigenvalue weighted by atomic mass is 9.95. The van der Waals surface area contributed by atoms with Crippen molar-refractivity contribution in [2.45, 2.75) is 31.6 Å². The highest BCUT2D eigenvalue weighted by atomic mass is 32.1. The standard InChI is InChI=1S/C20H18FN5O3S/c1-9(27)20-7-11(20)15(16(28)17(20)29)26-8-23-14-18(22-2)24-13(25-19(14)26)6-4-10-3-5-12(21)30-10/h3,5,8,11,15-17,28-29H,7H2,1-2H3,(H,22,24,25)/t11?,15-,16+,17?,20+/m1/s1. The van der Waals surface area contributed by atoms with Crippen molar-refractivity contribution in [3.63, 3.8) is 0 Å². The molecule has 10 heteroatoms. The molecule has 5 atom stereocenters. The molecule has 8 nitrogen and oxygen atoms in total. The lowest BCUT2D eigenvalue weighted by Gasteiger charge is -2.23. The summed E-state index contributed by atoms with van der Waals surface area (Å²) in [6, 6.07) is 2.40. The molecule has 3 aromatic heterocycles. The van der Waals surface area contributed by atoms with Crippen molar-refractivity contribution >= 4 is 34.1 Å². The first-order valence-electron chi connectivity index (χ1n) is 9.43. The largest absolute Gasteiger partial charge is 0.389 e. The zero-order valence-electron chi connectivity index (χ0n) is 16.1. The fourth-order valence-electron chi connectivity index (χ4n) is 4.64. The van der Waals surface area contributed by atoms with Gasteiger partial charge >= 0.3 is 0 Å². The number of aliphatic hydroxyl groups excluding tert-OH is 2. The predicted molar refractivity (Wildman–Crippen MR) is 107 cm³/mol. The average molecular weight is 427 g/mol. The Kier molecular flexibility index (Phi) is 4.18. The number of fused-ring (bicyclic) bond motifs is 2. The lowest BCUT2D eigenvalue weighted by molar-refractivity contribution is -0.128. The molecule has 30 heavy (non-hydrogen) atoms. The van der Waals surface area contributed by atoms with Crippen LogP contribution in [0.4, 0.5) is 10.2 Å². The summed E-state index contributed by atoms with van der Waals surface area (Å²) >= 11 is 0.933. The maximum absolute atomic E-state index is 13.2. The molecule has 0 bridgehead atoms. The summed E-state index contributed by atoms with van der Waals surface area (Å²) in [6.45, 7) is 1.45. The Labute approximate surface area is 174 Å². The Bertz CT molecular complexity index is 1240. The van der Waals surface area contributed by atoms with E-state index in [4.69, 9.17) is 0 Å². The van der Waals surface area contributed by atoms with Gasteiger partial charge < -0.3 is 20.1 Å². The molecule has 0 aromatic carbocycles. The van der Waals surface area contributed by atoms with Crippen LogP contribution in [-0.2, 0) is 4.79 Å². The third-order valence-corrected chi connectivity index (χ3v) is 6.97. The number of hydrogen-bond donors (Lipinski definition) is 3. The molecule has 2 aliphatic rings. The van der Waals surface area contributed by atoms with Crippen LogP contribution in [0.1, 0.15) is 30.1 Å². The van der Waals surface area contributed by atoms with Crippen molar-refractivity contribution in [1.29, 1.82) is 0 Å². The highest BCUT2D eigenvalue weighted by Crippen LogP contribution is 2.68. The van der Waals surface area contributed by atoms with Crippen molar-refractivity contribution in [3.8, 4) is 11.8 Å². The predicted octanol–water partition coefficient (Wildman–Crippen LogP) is 1.34. The number of rotatable bonds is 3. The van der Waals surface area contributed by atoms with E-state index in [-0.39, 0.29) is 22.7 Å². The van der Waals surface area contributed by atoms with E-state index < -0.39 is 23.7 Å². The number of aromatic nitrogens is 4. The molecular formula is C20H18FN5O3S. The Balaban J connectivity index is 1.59. The number of halogens is 1. The zero-order valence-corrected chi connectivity index (χ0v) is 16.9. The molecular weight excluding hydrogens is 409 g/mol. The fourth-order valence-corrected chi connectivity index (χ4v) is 5.22. The van der Waals surface area contributed by atoms with Gasteiger partial charge in [0.25, 0.3) is 0 Å². The third-order valence-electron chi connectivity index (χ3n) is 6.18. The summed E-state index contributed by atoms with van der Waals surface area (Å²) in [5.74, 6) is 6.05. The summed E-state index contributed by atoms with van der Waals surface area (Å²) in [5, 5.41) is 23.9. The van der Waals surface area contributed by atoms with Gasteiger partial charge in [0.05, 0.1) is 28.8 Å². The number of carbonyl (C=O) groups excluding carboxylic acids is 1. The zero-order chi connectivity index (χ0) is 21.2. The first-order chi connectivity index (χ1) is 14.4. The molecule has 0 spiro atoms. The van der Waals surface area contributed by atoms with Gasteiger partial charge in [0.2, 0.25) is 5.82 Å². The van der Waals surface area contributed by atoms with Crippen LogP contribution in [0.3, 0.4) is 0 Å². The fraction of sp³-hybridized carbons (Fsp3) is 0.400. The van der Waals surface area contributed by atoms with Crippen molar-refractivity contribution in [2.24, 2.45) is 11.3 Å². The maximum atomic E-state index is 13.2. The van der Waals surface area contributed by atoms with E-state index >= 15 is 0 Å². The van der Waals surface area contributed by atoms with Crippen LogP contribution in [0.5, 0.6) is 0 Å². The number of Topliss-reactive ketones (excluding diaryl/α,β-unsaturated/α-hetero) is 1. The van der Waals surface area contributed by atoms with E-state index in [9.17, 15) is 19.4 Å². The summed E-state index contributed by atoms with van der Waals surface area (Å²) in [5.41, 5.74) is 0.0391. The number of nitrogens with zero attached hydrogens (tertiary/aromatic N) is 4. The number of nitrogens with one attached hydrogen (secondary N) is 1. The van der Waals surface area contributed by atoms with Gasteiger partial charge in [-0.1, -0.05) is 11.3 Å². The van der Waals surface area contributed by atoms with Crippen LogP contribution in [0.15, 0.2) is 18.5 Å². The SMILES string of the molecule is CNc1nc(C#Cc2ccc(F)s2)nc2c1ncn2[C@@H]1C2C[C@@]2(C(C)=O)C(O)[C@H]1O. The van der Waals surface area contributed by atoms with Gasteiger partial charge in [0.15, 0.2) is 22.1 Å². The molecule has 2 saturated carbocycles. The van der Waals surface area contributed by atoms with Crippen molar-refractivity contribution in [3.05, 3.63) is 34.3 Å². The maximum Gasteiger partial charge on any atom is 0.209 e. The van der Waals surface area contributed by atoms with E-state index in [1.807, 2.05) is 0 Å². The van der Waals surface area contributed by atoms with Crippen LogP contribution in [0, 0.1) is 28.3 Å². The summed E-state index contributed by atoms with van der Waals surface area (Å²) < 4.78 is 14.9. The van der Waals surface area contributed by atoms with Crippen molar-refractivity contribution in [2.75, 3.05) is 12.4 Å². The van der Waals surface area contributed by atoms with Gasteiger partial charge in [-0.05, 0) is 43.2 Å². The Morgan fingerprint density at radius 2 is 2.17 bits per heavy atom. The van der Waals surface area contributed by atoms with E-state index in [0.717, 1.165) is 11.3 Å². The molecule has 3 aromatic rings. The second kappa shape index (κ2) is 6.57. The average Bonchev–Trinajstić information content (AvgIpc) is 2.98. The normalized spacial score (nSPS) is 29.4. The van der Waals surface area contributed by atoms with Gasteiger partial charge in [-0.15, -0.1) is 0 Å². The first kappa shape index (κ1) is 19.1. The Hall–Kier alpha value is -2.87. The van der Waals surface area contributed by atoms with Crippen molar-refractivity contribution in [1.82, 2.24) is 19.5 Å². The number of hydrogen-bond acceptors (Lipinski definition) is 8. The molecule has 0 radical (unpaired) electrons. The summed E-state index contributed by atoms with van der Waals surface area (Å²) in [4.78, 5) is 25.9. The number of thiophene rings is 1. The van der Waals surface area contributed by atoms with Gasteiger partial charge in [-0.2, -0.15) is 4.39 Å². The molecule has 0 aliphatic heterocycles. The first-order valence-corrected chi connectivity index (χ1v) is 10.3. The minimum absolute atomic E-state index is 0.119. The molecule has 154 valence electrons. The Morgan fingerprint density at radius 1 is 1.37 bits per heavy atom. The Morgan fingerprint density at radius 3 is 2.80 bits per heavy atom. The number of ketones is 1. The van der Waals surface area contributed by atoms with Gasteiger partial charge in [0, 0.05) is 7.05 Å². The van der Waals surface area contributed by atoms with Gasteiger partial charge in [0.1, 0.15) is 11.9 Å². The van der Waals surface area contributed by atoms with E-state index in [0.29, 0.717) is 28.3 Å². The molecule has 2 aliphatic carbocycles. The summed E-state index contributed by atoms with van der Waals surface area (Å²) in [6.07, 6.45) is -0.171. The number of anilines is 1. The summed E-state index contributed by atoms with van der Waals surface area (Å²) in [7, 11) is 1.70. The minimum atomic E-state index is -1.12. The molecule has 0 saturated heterocycles. The molecule has 2 unspecified atom stereocenters. The highest BCUT2D eigenvalue weighted by molar-refractivity contribution is 7.10. The molecule has 0 amide bonds. The smallest absolute Gasteiger partial charge is 0.209 e. The van der Waals surface area contributed by atoms with Crippen LogP contribution >= 0.6 is 11.3 Å². The number of imidazole rings is 1. The van der Waals surface area contributed by atoms with Crippen LogP contribution in [0.2, 0.25) is 0 Å². The molecule has 5 rings (SSSR count). The lowest BCUT2D eigenvalue weighted by Crippen LogP contribution is -2.36. The van der Waals surface area contributed by atoms with E-state index in [1.54, 1.807) is 24.0 Å². The monoisotopic (exact) mass is 427 g/mol. The number of carbonyl (C=O) groups is 1. The van der Waals surface area contributed by atoms with E-state index in [1.165, 1.54) is 13.0 Å². The molecule has 2 fully saturated rings. The topological polar surface area (TPSA) is 113 Å². The van der Waals surface area contributed by atoms with Crippen molar-refractivity contribution < 1.29 is 19.4 Å². The van der Waals surface area contributed by atoms with Gasteiger partial charge in [-0.3, -0.25) is 4.79 Å². The molecule has 3 N–H and O–H groups in total. The quantitative estimate of drug-likeness (QED) is 0.541. The number of aliphatic hydroxyl groups is 2. The third kappa shape index (κ3) is 2.59. The minimum Gasteiger partial charge on any atom is -0.389 e. The van der Waals surface area contributed by atoms with Crippen LogP contribution in [-0.4, -0.2) is 54.8 Å². The van der Waals surface area contributed by atoms with E-state index in [2.05, 4.69) is 32.1 Å². The second-order valence-electron chi connectivity index (χ2n) is 7.66. The van der Waals surface area contributed by atoms with Crippen LogP contribution in [0.25, 0.3) is 11.2 Å².